The third-order valence-electron chi connectivity index (χ3n) is 2.76. The molecule has 2 N–H and O–H groups in total. The lowest BCUT2D eigenvalue weighted by Crippen LogP contribution is -2.25. The lowest BCUT2D eigenvalue weighted by molar-refractivity contribution is 0.137. The summed E-state index contributed by atoms with van der Waals surface area (Å²) < 4.78 is 15.6. The zero-order valence-electron chi connectivity index (χ0n) is 11.8. The van der Waals surface area contributed by atoms with Crippen LogP contribution in [0, 0.1) is 0 Å². The van der Waals surface area contributed by atoms with Crippen molar-refractivity contribution >= 4 is 0 Å². The Bertz CT molecular complexity index is 370. The molecule has 0 bridgehead atoms. The molecule has 1 aromatic carbocycles. The van der Waals surface area contributed by atoms with Gasteiger partial charge in [-0.05, 0) is 25.1 Å². The molecule has 5 heteroatoms. The van der Waals surface area contributed by atoms with Gasteiger partial charge in [-0.2, -0.15) is 0 Å². The van der Waals surface area contributed by atoms with E-state index >= 15 is 0 Å². The molecule has 0 aromatic heterocycles. The SMILES string of the molecule is CCOCCNCC(O)c1cc(OC)ccc1OC. The van der Waals surface area contributed by atoms with Gasteiger partial charge in [0.1, 0.15) is 11.5 Å². The van der Waals surface area contributed by atoms with Gasteiger partial charge < -0.3 is 24.6 Å². The smallest absolute Gasteiger partial charge is 0.124 e. The first-order valence-corrected chi connectivity index (χ1v) is 6.41. The summed E-state index contributed by atoms with van der Waals surface area (Å²) in [5.41, 5.74) is 0.714. The van der Waals surface area contributed by atoms with Crippen LogP contribution >= 0.6 is 0 Å². The Morgan fingerprint density at radius 2 is 2.05 bits per heavy atom. The Hall–Kier alpha value is -1.30. The summed E-state index contributed by atoms with van der Waals surface area (Å²) in [6, 6.07) is 5.38. The van der Waals surface area contributed by atoms with Gasteiger partial charge in [0.15, 0.2) is 0 Å². The predicted molar refractivity (Wildman–Crippen MR) is 73.9 cm³/mol. The fourth-order valence-corrected chi connectivity index (χ4v) is 1.74. The minimum absolute atomic E-state index is 0.441. The van der Waals surface area contributed by atoms with E-state index < -0.39 is 6.10 Å². The largest absolute Gasteiger partial charge is 0.497 e. The van der Waals surface area contributed by atoms with Gasteiger partial charge in [0.2, 0.25) is 0 Å². The monoisotopic (exact) mass is 269 g/mol. The summed E-state index contributed by atoms with van der Waals surface area (Å²) in [5.74, 6) is 1.35. The summed E-state index contributed by atoms with van der Waals surface area (Å²) in [7, 11) is 3.18. The van der Waals surface area contributed by atoms with E-state index in [4.69, 9.17) is 14.2 Å². The molecule has 0 aliphatic carbocycles. The molecule has 0 aliphatic heterocycles. The molecule has 1 atom stereocenters. The van der Waals surface area contributed by atoms with Crippen LogP contribution in [0.15, 0.2) is 18.2 Å². The van der Waals surface area contributed by atoms with E-state index in [-0.39, 0.29) is 0 Å². The summed E-state index contributed by atoms with van der Waals surface area (Å²) >= 11 is 0. The van der Waals surface area contributed by atoms with Crippen LogP contribution in [0.25, 0.3) is 0 Å². The zero-order chi connectivity index (χ0) is 14.1. The molecule has 19 heavy (non-hydrogen) atoms. The number of aliphatic hydroxyl groups is 1. The van der Waals surface area contributed by atoms with Crippen molar-refractivity contribution in [3.05, 3.63) is 23.8 Å². The Balaban J connectivity index is 2.56. The van der Waals surface area contributed by atoms with Crippen molar-refractivity contribution in [2.45, 2.75) is 13.0 Å². The van der Waals surface area contributed by atoms with Gasteiger partial charge >= 0.3 is 0 Å². The minimum Gasteiger partial charge on any atom is -0.497 e. The lowest BCUT2D eigenvalue weighted by atomic mass is 10.1. The van der Waals surface area contributed by atoms with Gasteiger partial charge in [-0.1, -0.05) is 0 Å². The summed E-state index contributed by atoms with van der Waals surface area (Å²) in [6.07, 6.45) is -0.647. The second-order valence-corrected chi connectivity index (χ2v) is 4.02. The fourth-order valence-electron chi connectivity index (χ4n) is 1.74. The number of benzene rings is 1. The molecule has 0 spiro atoms. The zero-order valence-corrected chi connectivity index (χ0v) is 11.8. The Kier molecular flexibility index (Phi) is 7.25. The Morgan fingerprint density at radius 1 is 1.26 bits per heavy atom. The number of nitrogens with one attached hydrogen (secondary N) is 1. The third kappa shape index (κ3) is 5.06. The van der Waals surface area contributed by atoms with Crippen LogP contribution < -0.4 is 14.8 Å². The van der Waals surface area contributed by atoms with Crippen molar-refractivity contribution in [3.8, 4) is 11.5 Å². The maximum Gasteiger partial charge on any atom is 0.124 e. The van der Waals surface area contributed by atoms with Gasteiger partial charge in [-0.25, -0.2) is 0 Å². The van der Waals surface area contributed by atoms with Crippen molar-refractivity contribution in [1.82, 2.24) is 5.32 Å². The maximum absolute atomic E-state index is 10.2. The molecular formula is C14H23NO4. The normalized spacial score (nSPS) is 12.2. The van der Waals surface area contributed by atoms with Gasteiger partial charge in [0.25, 0.3) is 0 Å². The number of hydrogen-bond acceptors (Lipinski definition) is 5. The number of hydrogen-bond donors (Lipinski definition) is 2. The Morgan fingerprint density at radius 3 is 2.68 bits per heavy atom. The molecule has 1 unspecified atom stereocenters. The highest BCUT2D eigenvalue weighted by molar-refractivity contribution is 5.41. The van der Waals surface area contributed by atoms with Crippen LogP contribution in [0.5, 0.6) is 11.5 Å². The van der Waals surface area contributed by atoms with E-state index in [1.54, 1.807) is 32.4 Å². The second kappa shape index (κ2) is 8.74. The van der Waals surface area contributed by atoms with Crippen molar-refractivity contribution < 1.29 is 19.3 Å². The standard InChI is InChI=1S/C14H23NO4/c1-4-19-8-7-15-10-13(16)12-9-11(17-2)5-6-14(12)18-3/h5-6,9,13,15-16H,4,7-8,10H2,1-3H3. The molecule has 0 saturated heterocycles. The highest BCUT2D eigenvalue weighted by Gasteiger charge is 2.14. The van der Waals surface area contributed by atoms with Crippen molar-refractivity contribution in [2.75, 3.05) is 40.5 Å². The van der Waals surface area contributed by atoms with Crippen molar-refractivity contribution in [2.24, 2.45) is 0 Å². The summed E-state index contributed by atoms with van der Waals surface area (Å²) in [5, 5.41) is 13.3. The van der Waals surface area contributed by atoms with E-state index in [9.17, 15) is 5.11 Å². The van der Waals surface area contributed by atoms with Crippen LogP contribution in [0.3, 0.4) is 0 Å². The molecule has 1 rings (SSSR count). The fraction of sp³-hybridized carbons (Fsp3) is 0.571. The van der Waals surface area contributed by atoms with E-state index in [0.717, 1.165) is 0 Å². The van der Waals surface area contributed by atoms with Gasteiger partial charge in [-0.3, -0.25) is 0 Å². The van der Waals surface area contributed by atoms with Crippen LogP contribution in [0.1, 0.15) is 18.6 Å². The predicted octanol–water partition coefficient (Wildman–Crippen LogP) is 1.36. The molecule has 0 fully saturated rings. The highest BCUT2D eigenvalue weighted by atomic mass is 16.5. The van der Waals surface area contributed by atoms with Crippen LogP contribution in [-0.2, 0) is 4.74 Å². The van der Waals surface area contributed by atoms with Crippen molar-refractivity contribution in [1.29, 1.82) is 0 Å². The van der Waals surface area contributed by atoms with Gasteiger partial charge in [-0.15, -0.1) is 0 Å². The first-order valence-electron chi connectivity index (χ1n) is 6.41. The first kappa shape index (κ1) is 15.8. The van der Waals surface area contributed by atoms with E-state index in [0.29, 0.717) is 43.4 Å². The minimum atomic E-state index is -0.647. The second-order valence-electron chi connectivity index (χ2n) is 4.02. The Labute approximate surface area is 114 Å². The van der Waals surface area contributed by atoms with E-state index in [1.807, 2.05) is 6.92 Å². The number of rotatable bonds is 9. The van der Waals surface area contributed by atoms with E-state index in [1.165, 1.54) is 0 Å². The van der Waals surface area contributed by atoms with Gasteiger partial charge in [0, 0.05) is 25.3 Å². The lowest BCUT2D eigenvalue weighted by Gasteiger charge is -2.16. The molecule has 108 valence electrons. The number of ether oxygens (including phenoxy) is 3. The van der Waals surface area contributed by atoms with Crippen LogP contribution in [-0.4, -0.2) is 45.6 Å². The molecular weight excluding hydrogens is 246 g/mol. The molecule has 0 radical (unpaired) electrons. The summed E-state index contributed by atoms with van der Waals surface area (Å²) in [4.78, 5) is 0. The number of aliphatic hydroxyl groups excluding tert-OH is 1. The third-order valence-corrected chi connectivity index (χ3v) is 2.76. The first-order chi connectivity index (χ1) is 9.22. The maximum atomic E-state index is 10.2. The highest BCUT2D eigenvalue weighted by Crippen LogP contribution is 2.28. The average Bonchev–Trinajstić information content (AvgIpc) is 2.46. The molecule has 1 aromatic rings. The number of methoxy groups -OCH3 is 2. The van der Waals surface area contributed by atoms with E-state index in [2.05, 4.69) is 5.32 Å². The molecule has 0 heterocycles. The molecule has 0 saturated carbocycles. The average molecular weight is 269 g/mol. The van der Waals surface area contributed by atoms with Gasteiger partial charge in [0.05, 0.1) is 26.9 Å². The topological polar surface area (TPSA) is 60.0 Å². The molecule has 5 nitrogen and oxygen atoms in total. The van der Waals surface area contributed by atoms with Crippen molar-refractivity contribution in [3.63, 3.8) is 0 Å². The molecule has 0 amide bonds. The van der Waals surface area contributed by atoms with Crippen LogP contribution in [0.4, 0.5) is 0 Å². The quantitative estimate of drug-likeness (QED) is 0.663. The molecule has 0 aliphatic rings. The van der Waals surface area contributed by atoms with Crippen LogP contribution in [0.2, 0.25) is 0 Å². The summed E-state index contributed by atoms with van der Waals surface area (Å²) in [6.45, 7) is 4.44.